The fourth-order valence-corrected chi connectivity index (χ4v) is 3.90. The highest BCUT2D eigenvalue weighted by Crippen LogP contribution is 2.33. The summed E-state index contributed by atoms with van der Waals surface area (Å²) in [6.07, 6.45) is 0. The van der Waals surface area contributed by atoms with Crippen LogP contribution in [0.1, 0.15) is 31.1 Å². The number of hydrogen-bond acceptors (Lipinski definition) is 5. The van der Waals surface area contributed by atoms with Gasteiger partial charge < -0.3 is 21.9 Å². The van der Waals surface area contributed by atoms with Crippen molar-refractivity contribution in [2.24, 2.45) is 11.5 Å². The molecule has 26 heavy (non-hydrogen) atoms. The SMILES string of the molecule is NC(=O)Nc1sc(NC(=O)c2cc(Br)c(C(=O)O)cc2Br)cc1C(N)=O. The van der Waals surface area contributed by atoms with Crippen LogP contribution in [0.2, 0.25) is 0 Å². The first-order chi connectivity index (χ1) is 12.1. The molecule has 1 aromatic carbocycles. The lowest BCUT2D eigenvalue weighted by atomic mass is 10.1. The van der Waals surface area contributed by atoms with Crippen LogP contribution in [-0.4, -0.2) is 28.9 Å². The monoisotopic (exact) mass is 504 g/mol. The van der Waals surface area contributed by atoms with Gasteiger partial charge in [0.05, 0.1) is 21.7 Å². The second kappa shape index (κ2) is 7.85. The Morgan fingerprint density at radius 2 is 1.50 bits per heavy atom. The number of thiophene rings is 1. The van der Waals surface area contributed by atoms with E-state index in [9.17, 15) is 19.2 Å². The van der Waals surface area contributed by atoms with Crippen LogP contribution in [0.15, 0.2) is 27.1 Å². The van der Waals surface area contributed by atoms with Gasteiger partial charge in [0.15, 0.2) is 0 Å². The molecule has 2 aromatic rings. The molecule has 0 radical (unpaired) electrons. The van der Waals surface area contributed by atoms with Crippen molar-refractivity contribution in [1.29, 1.82) is 0 Å². The number of nitrogens with one attached hydrogen (secondary N) is 2. The number of rotatable bonds is 5. The minimum Gasteiger partial charge on any atom is -0.478 e. The maximum Gasteiger partial charge on any atom is 0.336 e. The van der Waals surface area contributed by atoms with E-state index in [4.69, 9.17) is 16.6 Å². The van der Waals surface area contributed by atoms with Gasteiger partial charge in [0, 0.05) is 8.95 Å². The number of amides is 4. The lowest BCUT2D eigenvalue weighted by Gasteiger charge is -2.08. The molecule has 0 fully saturated rings. The van der Waals surface area contributed by atoms with Crippen LogP contribution < -0.4 is 22.1 Å². The summed E-state index contributed by atoms with van der Waals surface area (Å²) < 4.78 is 0.483. The quantitative estimate of drug-likeness (QED) is 0.420. The predicted octanol–water partition coefficient (Wildman–Crippen LogP) is 2.81. The molecule has 12 heteroatoms. The maximum absolute atomic E-state index is 12.4. The van der Waals surface area contributed by atoms with Crippen molar-refractivity contribution in [3.8, 4) is 0 Å². The number of nitrogens with two attached hydrogens (primary N) is 2. The fourth-order valence-electron chi connectivity index (χ4n) is 1.90. The zero-order valence-electron chi connectivity index (χ0n) is 12.6. The lowest BCUT2D eigenvalue weighted by molar-refractivity contribution is 0.0695. The Balaban J connectivity index is 2.33. The number of anilines is 2. The average Bonchev–Trinajstić information content (AvgIpc) is 2.90. The van der Waals surface area contributed by atoms with Crippen LogP contribution in [0, 0.1) is 0 Å². The zero-order valence-corrected chi connectivity index (χ0v) is 16.6. The molecule has 0 unspecified atom stereocenters. The number of carboxylic acids is 1. The van der Waals surface area contributed by atoms with E-state index in [2.05, 4.69) is 42.5 Å². The minimum atomic E-state index is -1.16. The van der Waals surface area contributed by atoms with E-state index in [0.29, 0.717) is 0 Å². The molecule has 0 aliphatic rings. The predicted molar refractivity (Wildman–Crippen MR) is 103 cm³/mol. The standard InChI is InChI=1S/C14H10Br2N4O5S/c15-7-2-5(13(23)24)8(16)1-4(7)11(22)19-9-3-6(10(17)21)12(26-9)20-14(18)25/h1-3H,(H2,17,21)(H,19,22)(H,23,24)(H3,18,20,25). The van der Waals surface area contributed by atoms with E-state index in [0.717, 1.165) is 11.3 Å². The number of aromatic carboxylic acids is 1. The summed E-state index contributed by atoms with van der Waals surface area (Å²) in [4.78, 5) is 46.0. The topological polar surface area (TPSA) is 165 Å². The van der Waals surface area contributed by atoms with E-state index in [1.807, 2.05) is 0 Å². The summed E-state index contributed by atoms with van der Waals surface area (Å²) in [6.45, 7) is 0. The Kier molecular flexibility index (Phi) is 6.00. The molecule has 9 nitrogen and oxygen atoms in total. The molecule has 136 valence electrons. The highest BCUT2D eigenvalue weighted by molar-refractivity contribution is 9.11. The number of benzene rings is 1. The summed E-state index contributed by atoms with van der Waals surface area (Å²) in [5.74, 6) is -2.53. The summed E-state index contributed by atoms with van der Waals surface area (Å²) >= 11 is 7.14. The van der Waals surface area contributed by atoms with E-state index >= 15 is 0 Å². The van der Waals surface area contributed by atoms with Crippen molar-refractivity contribution in [2.45, 2.75) is 0 Å². The first-order valence-electron chi connectivity index (χ1n) is 6.64. The molecule has 0 spiro atoms. The van der Waals surface area contributed by atoms with Gasteiger partial charge in [-0.25, -0.2) is 9.59 Å². The number of carbonyl (C=O) groups is 4. The maximum atomic E-state index is 12.4. The molecule has 0 aliphatic heterocycles. The highest BCUT2D eigenvalue weighted by Gasteiger charge is 2.20. The van der Waals surface area contributed by atoms with Crippen LogP contribution in [0.3, 0.4) is 0 Å². The van der Waals surface area contributed by atoms with Gasteiger partial charge in [-0.3, -0.25) is 14.9 Å². The van der Waals surface area contributed by atoms with Gasteiger partial charge >= 0.3 is 12.0 Å². The molecule has 2 rings (SSSR count). The molecule has 0 saturated heterocycles. The first-order valence-corrected chi connectivity index (χ1v) is 9.04. The van der Waals surface area contributed by atoms with Crippen molar-refractivity contribution in [3.05, 3.63) is 43.8 Å². The Labute approximate surface area is 167 Å². The van der Waals surface area contributed by atoms with Crippen LogP contribution >= 0.6 is 43.2 Å². The molecule has 0 saturated carbocycles. The molecule has 7 N–H and O–H groups in total. The summed E-state index contributed by atoms with van der Waals surface area (Å²) in [7, 11) is 0. The highest BCUT2D eigenvalue weighted by atomic mass is 79.9. The number of urea groups is 1. The Hall–Kier alpha value is -2.44. The number of halogens is 2. The second-order valence-corrected chi connectivity index (χ2v) is 7.54. The van der Waals surface area contributed by atoms with Crippen molar-refractivity contribution in [1.82, 2.24) is 0 Å². The van der Waals surface area contributed by atoms with Crippen molar-refractivity contribution in [2.75, 3.05) is 10.6 Å². The largest absolute Gasteiger partial charge is 0.478 e. The van der Waals surface area contributed by atoms with Gasteiger partial charge in [-0.1, -0.05) is 11.3 Å². The zero-order chi connectivity index (χ0) is 19.6. The van der Waals surface area contributed by atoms with Crippen molar-refractivity contribution >= 4 is 77.0 Å². The van der Waals surface area contributed by atoms with Gasteiger partial charge in [-0.2, -0.15) is 0 Å². The molecule has 1 aromatic heterocycles. The number of hydrogen-bond donors (Lipinski definition) is 5. The van der Waals surface area contributed by atoms with Crippen LogP contribution in [0.4, 0.5) is 14.8 Å². The third-order valence-corrected chi connectivity index (χ3v) is 5.28. The number of primary amides is 2. The normalized spacial score (nSPS) is 10.2. The number of carbonyl (C=O) groups excluding carboxylic acids is 3. The van der Waals surface area contributed by atoms with E-state index in [1.54, 1.807) is 0 Å². The summed E-state index contributed by atoms with van der Waals surface area (Å²) in [6, 6.07) is 3.03. The minimum absolute atomic E-state index is 0.00873. The van der Waals surface area contributed by atoms with Crippen molar-refractivity contribution < 1.29 is 24.3 Å². The lowest BCUT2D eigenvalue weighted by Crippen LogP contribution is -2.21. The molecule has 4 amide bonds. The molecule has 0 bridgehead atoms. The van der Waals surface area contributed by atoms with Gasteiger partial charge in [0.25, 0.3) is 11.8 Å². The smallest absolute Gasteiger partial charge is 0.336 e. The van der Waals surface area contributed by atoms with Gasteiger partial charge in [0.2, 0.25) is 0 Å². The summed E-state index contributed by atoms with van der Waals surface area (Å²) in [5.41, 5.74) is 10.4. The molecule has 0 atom stereocenters. The van der Waals surface area contributed by atoms with Gasteiger partial charge in [0.1, 0.15) is 5.00 Å². The fraction of sp³-hybridized carbons (Fsp3) is 0. The third-order valence-electron chi connectivity index (χ3n) is 3.00. The molecule has 1 heterocycles. The Morgan fingerprint density at radius 1 is 0.923 bits per heavy atom. The Bertz CT molecular complexity index is 944. The second-order valence-electron chi connectivity index (χ2n) is 4.78. The van der Waals surface area contributed by atoms with Crippen LogP contribution in [0.25, 0.3) is 0 Å². The average molecular weight is 506 g/mol. The van der Waals surface area contributed by atoms with Crippen molar-refractivity contribution in [3.63, 3.8) is 0 Å². The third kappa shape index (κ3) is 4.39. The molecular weight excluding hydrogens is 496 g/mol. The summed E-state index contributed by atoms with van der Waals surface area (Å²) in [5, 5.41) is 14.2. The van der Waals surface area contributed by atoms with Gasteiger partial charge in [-0.05, 0) is 50.1 Å². The van der Waals surface area contributed by atoms with Gasteiger partial charge in [-0.15, -0.1) is 0 Å². The van der Waals surface area contributed by atoms with Crippen LogP contribution in [-0.2, 0) is 0 Å². The molecule has 0 aliphatic carbocycles. The van der Waals surface area contributed by atoms with E-state index < -0.39 is 23.8 Å². The Morgan fingerprint density at radius 3 is 2.04 bits per heavy atom. The van der Waals surface area contributed by atoms with E-state index in [-0.39, 0.29) is 35.6 Å². The van der Waals surface area contributed by atoms with E-state index in [1.165, 1.54) is 18.2 Å². The molecular formula is C14H10Br2N4O5S. The van der Waals surface area contributed by atoms with Crippen LogP contribution in [0.5, 0.6) is 0 Å². The number of carboxylic acid groups (broad SMARTS) is 1. The first kappa shape index (κ1) is 19.9.